The van der Waals surface area contributed by atoms with Gasteiger partial charge in [-0.2, -0.15) is 0 Å². The van der Waals surface area contributed by atoms with E-state index in [0.29, 0.717) is 0 Å². The van der Waals surface area contributed by atoms with Crippen LogP contribution >= 0.6 is 0 Å². The third-order valence-electron chi connectivity index (χ3n) is 2.76. The molecule has 0 saturated carbocycles. The van der Waals surface area contributed by atoms with E-state index in [0.717, 1.165) is 26.5 Å². The van der Waals surface area contributed by atoms with E-state index in [1.807, 2.05) is 24.3 Å². The van der Waals surface area contributed by atoms with E-state index in [4.69, 9.17) is 4.74 Å². The summed E-state index contributed by atoms with van der Waals surface area (Å²) in [6.07, 6.45) is 0. The third-order valence-corrected chi connectivity index (χ3v) is 4.33. The Bertz CT molecular complexity index is 701. The zero-order chi connectivity index (χ0) is 18.8. The van der Waals surface area contributed by atoms with Gasteiger partial charge in [0.1, 0.15) is 5.75 Å². The SMILES string of the molecule is CC(=O)O[SiH](OC(C)=O)OC(C)=O.COc1cccc2ccccc12. The predicted molar refractivity (Wildman–Crippen MR) is 92.9 cm³/mol. The van der Waals surface area contributed by atoms with E-state index in [9.17, 15) is 14.4 Å². The highest BCUT2D eigenvalue weighted by molar-refractivity contribution is 6.43. The Hall–Kier alpha value is -2.87. The summed E-state index contributed by atoms with van der Waals surface area (Å²) < 4.78 is 18.7. The van der Waals surface area contributed by atoms with Crippen LogP contribution in [0.4, 0.5) is 0 Å². The van der Waals surface area contributed by atoms with E-state index < -0.39 is 27.4 Å². The lowest BCUT2D eigenvalue weighted by Crippen LogP contribution is -2.32. The number of methoxy groups -OCH3 is 1. The van der Waals surface area contributed by atoms with Crippen LogP contribution in [-0.4, -0.2) is 34.5 Å². The summed E-state index contributed by atoms with van der Waals surface area (Å²) in [4.78, 5) is 31.3. The van der Waals surface area contributed by atoms with E-state index in [2.05, 4.69) is 31.5 Å². The average molecular weight is 364 g/mol. The smallest absolute Gasteiger partial charge is 0.496 e. The van der Waals surface area contributed by atoms with E-state index in [-0.39, 0.29) is 0 Å². The summed E-state index contributed by atoms with van der Waals surface area (Å²) in [6, 6.07) is 14.2. The standard InChI is InChI=1S/C11H10O.C6H10O6Si/c1-12-11-8-4-6-9-5-2-3-7-10(9)11;1-4(7)10-13(11-5(2)8)12-6(3)9/h2-8H,1H3;13H,1-3H3. The molecule has 0 aliphatic rings. The van der Waals surface area contributed by atoms with Crippen LogP contribution in [0.15, 0.2) is 42.5 Å². The van der Waals surface area contributed by atoms with Crippen LogP contribution in [0.3, 0.4) is 0 Å². The van der Waals surface area contributed by atoms with E-state index in [1.54, 1.807) is 7.11 Å². The number of hydrogen-bond acceptors (Lipinski definition) is 7. The molecule has 0 heterocycles. The number of fused-ring (bicyclic) bond motifs is 1. The van der Waals surface area contributed by atoms with Crippen LogP contribution in [-0.2, 0) is 27.7 Å². The molecule has 2 aromatic rings. The molecule has 0 fully saturated rings. The summed E-state index contributed by atoms with van der Waals surface area (Å²) in [5, 5.41) is 2.39. The van der Waals surface area contributed by atoms with Gasteiger partial charge in [0, 0.05) is 26.2 Å². The maximum absolute atomic E-state index is 10.4. The van der Waals surface area contributed by atoms with Gasteiger partial charge < -0.3 is 18.0 Å². The van der Waals surface area contributed by atoms with Crippen molar-refractivity contribution in [3.63, 3.8) is 0 Å². The minimum atomic E-state index is -2.96. The molecule has 0 aliphatic heterocycles. The summed E-state index contributed by atoms with van der Waals surface area (Å²) in [5.74, 6) is -1.02. The Morgan fingerprint density at radius 1 is 0.760 bits per heavy atom. The van der Waals surface area contributed by atoms with Gasteiger partial charge in [-0.3, -0.25) is 14.4 Å². The number of rotatable bonds is 4. The van der Waals surface area contributed by atoms with Crippen molar-refractivity contribution in [3.8, 4) is 5.75 Å². The van der Waals surface area contributed by atoms with Crippen molar-refractivity contribution < 1.29 is 32.4 Å². The Labute approximate surface area is 147 Å². The molecule has 0 unspecified atom stereocenters. The highest BCUT2D eigenvalue weighted by atomic mass is 28.3. The molecule has 2 aromatic carbocycles. The lowest BCUT2D eigenvalue weighted by atomic mass is 10.1. The van der Waals surface area contributed by atoms with Crippen molar-refractivity contribution in [1.82, 2.24) is 0 Å². The van der Waals surface area contributed by atoms with Crippen LogP contribution in [0, 0.1) is 0 Å². The quantitative estimate of drug-likeness (QED) is 0.769. The first kappa shape index (κ1) is 20.2. The van der Waals surface area contributed by atoms with Gasteiger partial charge in [-0.15, -0.1) is 0 Å². The molecular weight excluding hydrogens is 344 g/mol. The van der Waals surface area contributed by atoms with Gasteiger partial charge in [0.05, 0.1) is 7.11 Å². The fourth-order valence-electron chi connectivity index (χ4n) is 1.85. The van der Waals surface area contributed by atoms with Crippen molar-refractivity contribution in [2.75, 3.05) is 7.11 Å². The topological polar surface area (TPSA) is 88.1 Å². The Balaban J connectivity index is 0.000000250. The second-order valence-electron chi connectivity index (χ2n) is 4.80. The molecule has 0 atom stereocenters. The molecular formula is C17H20O7Si. The molecule has 0 N–H and O–H groups in total. The van der Waals surface area contributed by atoms with Crippen molar-refractivity contribution in [2.45, 2.75) is 20.8 Å². The number of carbonyl (C=O) groups is 3. The summed E-state index contributed by atoms with van der Waals surface area (Å²) in [7, 11) is -1.26. The second kappa shape index (κ2) is 10.1. The molecule has 0 bridgehead atoms. The monoisotopic (exact) mass is 364 g/mol. The number of benzene rings is 2. The molecule has 0 radical (unpaired) electrons. The van der Waals surface area contributed by atoms with Gasteiger partial charge in [0.15, 0.2) is 0 Å². The molecule has 0 spiro atoms. The third kappa shape index (κ3) is 7.49. The van der Waals surface area contributed by atoms with Crippen molar-refractivity contribution >= 4 is 38.2 Å². The zero-order valence-electron chi connectivity index (χ0n) is 14.5. The normalized spacial score (nSPS) is 9.64. The first-order valence-electron chi connectivity index (χ1n) is 7.37. The second-order valence-corrected chi connectivity index (χ2v) is 6.08. The minimum absolute atomic E-state index is 0.654. The molecule has 0 amide bonds. The van der Waals surface area contributed by atoms with Gasteiger partial charge in [-0.05, 0) is 11.5 Å². The molecule has 134 valence electrons. The maximum atomic E-state index is 10.4. The van der Waals surface area contributed by atoms with Crippen LogP contribution in [0.1, 0.15) is 20.8 Å². The van der Waals surface area contributed by atoms with Crippen LogP contribution in [0.2, 0.25) is 0 Å². The van der Waals surface area contributed by atoms with Crippen molar-refractivity contribution in [3.05, 3.63) is 42.5 Å². The largest absolute Gasteiger partial charge is 0.689 e. The van der Waals surface area contributed by atoms with E-state index >= 15 is 0 Å². The highest BCUT2D eigenvalue weighted by Gasteiger charge is 2.25. The first-order chi connectivity index (χ1) is 11.8. The molecule has 25 heavy (non-hydrogen) atoms. The molecule has 0 saturated heterocycles. The first-order valence-corrected chi connectivity index (χ1v) is 8.78. The van der Waals surface area contributed by atoms with Crippen molar-refractivity contribution in [2.24, 2.45) is 0 Å². The molecule has 8 heteroatoms. The van der Waals surface area contributed by atoms with E-state index in [1.165, 1.54) is 10.8 Å². The van der Waals surface area contributed by atoms with Gasteiger partial charge in [0.2, 0.25) is 0 Å². The Morgan fingerprint density at radius 2 is 1.24 bits per heavy atom. The lowest BCUT2D eigenvalue weighted by Gasteiger charge is -2.12. The molecule has 0 aliphatic carbocycles. The van der Waals surface area contributed by atoms with Crippen LogP contribution in [0.25, 0.3) is 10.8 Å². The predicted octanol–water partition coefficient (Wildman–Crippen LogP) is 2.24. The minimum Gasteiger partial charge on any atom is -0.496 e. The maximum Gasteiger partial charge on any atom is 0.689 e. The van der Waals surface area contributed by atoms with Crippen LogP contribution in [0.5, 0.6) is 5.75 Å². The lowest BCUT2D eigenvalue weighted by molar-refractivity contribution is -0.144. The summed E-state index contributed by atoms with van der Waals surface area (Å²) in [5.41, 5.74) is 0. The fourth-order valence-corrected chi connectivity index (χ4v) is 2.81. The van der Waals surface area contributed by atoms with Crippen molar-refractivity contribution in [1.29, 1.82) is 0 Å². The summed E-state index contributed by atoms with van der Waals surface area (Å²) in [6.45, 7) is 3.40. The molecule has 7 nitrogen and oxygen atoms in total. The number of carbonyl (C=O) groups excluding carboxylic acids is 3. The van der Waals surface area contributed by atoms with Crippen LogP contribution < -0.4 is 4.74 Å². The highest BCUT2D eigenvalue weighted by Crippen LogP contribution is 2.24. The van der Waals surface area contributed by atoms with Gasteiger partial charge in [-0.1, -0.05) is 36.4 Å². The average Bonchev–Trinajstić information content (AvgIpc) is 2.53. The number of ether oxygens (including phenoxy) is 1. The van der Waals surface area contributed by atoms with Gasteiger partial charge >= 0.3 is 9.53 Å². The fraction of sp³-hybridized carbons (Fsp3) is 0.235. The van der Waals surface area contributed by atoms with Gasteiger partial charge in [-0.25, -0.2) is 0 Å². The molecule has 0 aromatic heterocycles. The molecule has 2 rings (SSSR count). The van der Waals surface area contributed by atoms with Gasteiger partial charge in [0.25, 0.3) is 17.9 Å². The number of hydrogen-bond donors (Lipinski definition) is 0. The Kier molecular flexibility index (Phi) is 8.14. The summed E-state index contributed by atoms with van der Waals surface area (Å²) >= 11 is 0. The Morgan fingerprint density at radius 3 is 1.72 bits per heavy atom. The zero-order valence-corrected chi connectivity index (χ0v) is 15.6.